The van der Waals surface area contributed by atoms with Gasteiger partial charge in [0.2, 0.25) is 0 Å². The lowest BCUT2D eigenvalue weighted by Crippen LogP contribution is -2.00. The highest BCUT2D eigenvalue weighted by atomic mass is 79.9. The Balaban J connectivity index is 2.08. The maximum absolute atomic E-state index is 3.53. The molecule has 0 aliphatic carbocycles. The molecule has 0 spiro atoms. The van der Waals surface area contributed by atoms with Gasteiger partial charge in [-0.2, -0.15) is 0 Å². The van der Waals surface area contributed by atoms with E-state index in [2.05, 4.69) is 59.4 Å². The first-order chi connectivity index (χ1) is 8.16. The third kappa shape index (κ3) is 3.10. The van der Waals surface area contributed by atoms with Crippen LogP contribution < -0.4 is 5.32 Å². The zero-order valence-electron chi connectivity index (χ0n) is 10.1. The minimum absolute atomic E-state index is 0.851. The molecule has 0 bridgehead atoms. The SMILES string of the molecule is Cc1ccc(CNc2ccccc2Br)cc1C. The van der Waals surface area contributed by atoms with Gasteiger partial charge in [-0.05, 0) is 58.6 Å². The molecule has 2 rings (SSSR count). The molecule has 0 amide bonds. The molecular formula is C15H16BrN. The molecule has 0 unspecified atom stereocenters. The molecule has 0 aromatic heterocycles. The zero-order chi connectivity index (χ0) is 12.3. The Morgan fingerprint density at radius 1 is 1.00 bits per heavy atom. The highest BCUT2D eigenvalue weighted by molar-refractivity contribution is 9.10. The first-order valence-electron chi connectivity index (χ1n) is 5.71. The van der Waals surface area contributed by atoms with Gasteiger partial charge in [-0.25, -0.2) is 0 Å². The van der Waals surface area contributed by atoms with Crippen LogP contribution in [-0.4, -0.2) is 0 Å². The van der Waals surface area contributed by atoms with Gasteiger partial charge in [-0.1, -0.05) is 30.3 Å². The summed E-state index contributed by atoms with van der Waals surface area (Å²) in [6, 6.07) is 14.8. The standard InChI is InChI=1S/C15H16BrN/c1-11-7-8-13(9-12(11)2)10-17-15-6-4-3-5-14(15)16/h3-9,17H,10H2,1-2H3. The van der Waals surface area contributed by atoms with Crippen molar-refractivity contribution in [3.05, 3.63) is 63.6 Å². The van der Waals surface area contributed by atoms with Gasteiger partial charge in [0.25, 0.3) is 0 Å². The van der Waals surface area contributed by atoms with Crippen molar-refractivity contribution in [1.29, 1.82) is 0 Å². The number of hydrogen-bond acceptors (Lipinski definition) is 1. The second kappa shape index (κ2) is 5.37. The Bertz CT molecular complexity index is 520. The van der Waals surface area contributed by atoms with Gasteiger partial charge in [-0.15, -0.1) is 0 Å². The van der Waals surface area contributed by atoms with Crippen LogP contribution in [0.5, 0.6) is 0 Å². The second-order valence-electron chi connectivity index (χ2n) is 4.25. The third-order valence-corrected chi connectivity index (χ3v) is 3.62. The number of nitrogens with one attached hydrogen (secondary N) is 1. The topological polar surface area (TPSA) is 12.0 Å². The smallest absolute Gasteiger partial charge is 0.0487 e. The van der Waals surface area contributed by atoms with Gasteiger partial charge in [0.15, 0.2) is 0 Å². The number of rotatable bonds is 3. The van der Waals surface area contributed by atoms with Crippen molar-refractivity contribution in [1.82, 2.24) is 0 Å². The van der Waals surface area contributed by atoms with Gasteiger partial charge >= 0.3 is 0 Å². The molecule has 1 nitrogen and oxygen atoms in total. The summed E-state index contributed by atoms with van der Waals surface area (Å²) in [5.74, 6) is 0. The Morgan fingerprint density at radius 2 is 1.76 bits per heavy atom. The van der Waals surface area contributed by atoms with E-state index in [0.29, 0.717) is 0 Å². The minimum Gasteiger partial charge on any atom is -0.380 e. The summed E-state index contributed by atoms with van der Waals surface area (Å²) in [5, 5.41) is 3.43. The summed E-state index contributed by atoms with van der Waals surface area (Å²) < 4.78 is 1.10. The zero-order valence-corrected chi connectivity index (χ0v) is 11.7. The summed E-state index contributed by atoms with van der Waals surface area (Å²) in [4.78, 5) is 0. The summed E-state index contributed by atoms with van der Waals surface area (Å²) in [5.41, 5.74) is 5.13. The maximum atomic E-state index is 3.53. The van der Waals surface area contributed by atoms with Crippen LogP contribution in [0.2, 0.25) is 0 Å². The van der Waals surface area contributed by atoms with Crippen molar-refractivity contribution in [2.24, 2.45) is 0 Å². The number of halogens is 1. The first kappa shape index (κ1) is 12.2. The van der Waals surface area contributed by atoms with E-state index in [1.165, 1.54) is 16.7 Å². The predicted octanol–water partition coefficient (Wildman–Crippen LogP) is 4.68. The van der Waals surface area contributed by atoms with Crippen LogP contribution >= 0.6 is 15.9 Å². The Hall–Kier alpha value is -1.28. The lowest BCUT2D eigenvalue weighted by atomic mass is 10.1. The molecule has 0 fully saturated rings. The molecule has 1 N–H and O–H groups in total. The quantitative estimate of drug-likeness (QED) is 0.865. The lowest BCUT2D eigenvalue weighted by molar-refractivity contribution is 1.13. The molecule has 2 heteroatoms. The van der Waals surface area contributed by atoms with Gasteiger partial charge in [-0.3, -0.25) is 0 Å². The highest BCUT2D eigenvalue weighted by Gasteiger charge is 1.99. The van der Waals surface area contributed by atoms with Crippen LogP contribution in [0.4, 0.5) is 5.69 Å². The van der Waals surface area contributed by atoms with E-state index in [1.54, 1.807) is 0 Å². The fourth-order valence-electron chi connectivity index (χ4n) is 1.72. The molecule has 0 heterocycles. The average molecular weight is 290 g/mol. The van der Waals surface area contributed by atoms with Crippen LogP contribution in [0.1, 0.15) is 16.7 Å². The summed E-state index contributed by atoms with van der Waals surface area (Å²) >= 11 is 3.53. The molecule has 0 radical (unpaired) electrons. The molecular weight excluding hydrogens is 274 g/mol. The van der Waals surface area contributed by atoms with Gasteiger partial charge < -0.3 is 5.32 Å². The van der Waals surface area contributed by atoms with Gasteiger partial charge in [0.05, 0.1) is 0 Å². The Kier molecular flexibility index (Phi) is 3.85. The monoisotopic (exact) mass is 289 g/mol. The lowest BCUT2D eigenvalue weighted by Gasteiger charge is -2.09. The van der Waals surface area contributed by atoms with Crippen LogP contribution in [0.25, 0.3) is 0 Å². The molecule has 17 heavy (non-hydrogen) atoms. The second-order valence-corrected chi connectivity index (χ2v) is 5.11. The van der Waals surface area contributed by atoms with Crippen molar-refractivity contribution < 1.29 is 0 Å². The van der Waals surface area contributed by atoms with Crippen molar-refractivity contribution in [2.45, 2.75) is 20.4 Å². The molecule has 2 aromatic rings. The average Bonchev–Trinajstić information content (AvgIpc) is 2.32. The Morgan fingerprint density at radius 3 is 2.47 bits per heavy atom. The molecule has 0 saturated carbocycles. The van der Waals surface area contributed by atoms with Crippen LogP contribution in [0.3, 0.4) is 0 Å². The van der Waals surface area contributed by atoms with Crippen molar-refractivity contribution in [2.75, 3.05) is 5.32 Å². The third-order valence-electron chi connectivity index (χ3n) is 2.93. The number of para-hydroxylation sites is 1. The maximum Gasteiger partial charge on any atom is 0.0487 e. The van der Waals surface area contributed by atoms with E-state index in [9.17, 15) is 0 Å². The molecule has 0 aliphatic heterocycles. The highest BCUT2D eigenvalue weighted by Crippen LogP contribution is 2.22. The van der Waals surface area contributed by atoms with Crippen LogP contribution in [0.15, 0.2) is 46.9 Å². The normalized spacial score (nSPS) is 10.3. The van der Waals surface area contributed by atoms with Gasteiger partial charge in [0, 0.05) is 16.7 Å². The Labute approximate surface area is 111 Å². The van der Waals surface area contributed by atoms with Crippen molar-refractivity contribution in [3.8, 4) is 0 Å². The molecule has 0 aliphatic rings. The van der Waals surface area contributed by atoms with E-state index in [0.717, 1.165) is 16.7 Å². The summed E-state index contributed by atoms with van der Waals surface area (Å²) in [7, 11) is 0. The van der Waals surface area contributed by atoms with Crippen molar-refractivity contribution >= 4 is 21.6 Å². The largest absolute Gasteiger partial charge is 0.380 e. The van der Waals surface area contributed by atoms with E-state index in [1.807, 2.05) is 18.2 Å². The molecule has 0 atom stereocenters. The predicted molar refractivity (Wildman–Crippen MR) is 77.4 cm³/mol. The summed E-state index contributed by atoms with van der Waals surface area (Å²) in [6.07, 6.45) is 0. The fraction of sp³-hybridized carbons (Fsp3) is 0.200. The van der Waals surface area contributed by atoms with E-state index in [4.69, 9.17) is 0 Å². The minimum atomic E-state index is 0.851. The van der Waals surface area contributed by atoms with Gasteiger partial charge in [0.1, 0.15) is 0 Å². The summed E-state index contributed by atoms with van der Waals surface area (Å²) in [6.45, 7) is 5.14. The molecule has 88 valence electrons. The van der Waals surface area contributed by atoms with E-state index >= 15 is 0 Å². The fourth-order valence-corrected chi connectivity index (χ4v) is 2.14. The number of hydrogen-bond donors (Lipinski definition) is 1. The van der Waals surface area contributed by atoms with Crippen LogP contribution in [0, 0.1) is 13.8 Å². The van der Waals surface area contributed by atoms with Crippen molar-refractivity contribution in [3.63, 3.8) is 0 Å². The van der Waals surface area contributed by atoms with Crippen LogP contribution in [-0.2, 0) is 6.54 Å². The van der Waals surface area contributed by atoms with E-state index < -0.39 is 0 Å². The molecule has 0 saturated heterocycles. The van der Waals surface area contributed by atoms with E-state index in [-0.39, 0.29) is 0 Å². The number of aryl methyl sites for hydroxylation is 2. The first-order valence-corrected chi connectivity index (χ1v) is 6.50. The number of anilines is 1. The number of benzene rings is 2. The molecule has 2 aromatic carbocycles.